The van der Waals surface area contributed by atoms with Gasteiger partial charge < -0.3 is 10.2 Å². The lowest BCUT2D eigenvalue weighted by Gasteiger charge is -2.36. The van der Waals surface area contributed by atoms with Gasteiger partial charge in [0.25, 0.3) is 0 Å². The highest BCUT2D eigenvalue weighted by atomic mass is 15.3. The molecule has 0 saturated carbocycles. The van der Waals surface area contributed by atoms with Crippen molar-refractivity contribution in [1.82, 2.24) is 10.2 Å². The second kappa shape index (κ2) is 3.56. The maximum Gasteiger partial charge on any atom is 0.194 e. The number of nitrogens with one attached hydrogen (secondary N) is 1. The summed E-state index contributed by atoms with van der Waals surface area (Å²) in [6.45, 7) is 9.73. The number of hydrogen-bond donors (Lipinski definition) is 1. The van der Waals surface area contributed by atoms with Crippen molar-refractivity contribution in [2.24, 2.45) is 4.99 Å². The summed E-state index contributed by atoms with van der Waals surface area (Å²) < 4.78 is 0. The molecule has 0 aromatic rings. The van der Waals surface area contributed by atoms with Crippen LogP contribution < -0.4 is 5.32 Å². The molecule has 1 unspecified atom stereocenters. The van der Waals surface area contributed by atoms with Crippen molar-refractivity contribution < 1.29 is 0 Å². The Morgan fingerprint density at radius 2 is 2.23 bits per heavy atom. The molecule has 1 heterocycles. The van der Waals surface area contributed by atoms with Gasteiger partial charge in [-0.25, -0.2) is 0 Å². The summed E-state index contributed by atoms with van der Waals surface area (Å²) in [7, 11) is 2.10. The molecule has 0 aromatic heterocycles. The van der Waals surface area contributed by atoms with Crippen LogP contribution >= 0.6 is 0 Å². The van der Waals surface area contributed by atoms with Crippen molar-refractivity contribution in [2.45, 2.75) is 45.7 Å². The molecule has 76 valence electrons. The van der Waals surface area contributed by atoms with E-state index in [1.165, 1.54) is 0 Å². The monoisotopic (exact) mass is 183 g/mol. The third kappa shape index (κ3) is 2.14. The molecule has 1 aliphatic heterocycles. The smallest absolute Gasteiger partial charge is 0.194 e. The van der Waals surface area contributed by atoms with Crippen molar-refractivity contribution in [3.05, 3.63) is 0 Å². The summed E-state index contributed by atoms with van der Waals surface area (Å²) in [5.41, 5.74) is 0.190. The molecule has 13 heavy (non-hydrogen) atoms. The Bertz CT molecular complexity index is 208. The molecular weight excluding hydrogens is 162 g/mol. The van der Waals surface area contributed by atoms with E-state index in [-0.39, 0.29) is 5.54 Å². The Morgan fingerprint density at radius 3 is 2.62 bits per heavy atom. The van der Waals surface area contributed by atoms with Crippen LogP contribution in [0.4, 0.5) is 0 Å². The van der Waals surface area contributed by atoms with Crippen molar-refractivity contribution in [3.8, 4) is 0 Å². The second-order valence-corrected chi connectivity index (χ2v) is 4.43. The minimum Gasteiger partial charge on any atom is -0.352 e. The van der Waals surface area contributed by atoms with Gasteiger partial charge in [0.1, 0.15) is 0 Å². The first-order chi connectivity index (χ1) is 5.97. The molecule has 3 heteroatoms. The molecule has 0 radical (unpaired) electrons. The van der Waals surface area contributed by atoms with Crippen molar-refractivity contribution in [2.75, 3.05) is 13.6 Å². The van der Waals surface area contributed by atoms with Crippen LogP contribution in [0.3, 0.4) is 0 Å². The van der Waals surface area contributed by atoms with Gasteiger partial charge in [0.2, 0.25) is 0 Å². The Kier molecular flexibility index (Phi) is 2.84. The zero-order valence-electron chi connectivity index (χ0n) is 9.39. The van der Waals surface area contributed by atoms with Crippen molar-refractivity contribution in [3.63, 3.8) is 0 Å². The van der Waals surface area contributed by atoms with Gasteiger partial charge in [-0.3, -0.25) is 4.99 Å². The van der Waals surface area contributed by atoms with E-state index >= 15 is 0 Å². The molecule has 1 aliphatic rings. The summed E-state index contributed by atoms with van der Waals surface area (Å²) in [5, 5.41) is 3.37. The van der Waals surface area contributed by atoms with E-state index in [1.54, 1.807) is 0 Å². The molecule has 0 bridgehead atoms. The lowest BCUT2D eigenvalue weighted by molar-refractivity contribution is 0.240. The van der Waals surface area contributed by atoms with Gasteiger partial charge in [0.15, 0.2) is 5.96 Å². The van der Waals surface area contributed by atoms with E-state index in [2.05, 4.69) is 50.0 Å². The highest BCUT2D eigenvalue weighted by molar-refractivity contribution is 5.82. The predicted octanol–water partition coefficient (Wildman–Crippen LogP) is 1.45. The maximum absolute atomic E-state index is 4.46. The summed E-state index contributed by atoms with van der Waals surface area (Å²) >= 11 is 0. The fraction of sp³-hybridized carbons (Fsp3) is 0.900. The zero-order chi connectivity index (χ0) is 10.1. The summed E-state index contributed by atoms with van der Waals surface area (Å²) in [5.74, 6) is 1.04. The van der Waals surface area contributed by atoms with Crippen LogP contribution in [-0.4, -0.2) is 36.0 Å². The minimum atomic E-state index is 0.190. The minimum absolute atomic E-state index is 0.190. The van der Waals surface area contributed by atoms with E-state index in [4.69, 9.17) is 0 Å². The first kappa shape index (κ1) is 10.4. The molecule has 1 rings (SSSR count). The molecule has 0 aromatic carbocycles. The molecule has 0 fully saturated rings. The number of aliphatic imine (C=N–C) groups is 1. The molecule has 3 nitrogen and oxygen atoms in total. The Hall–Kier alpha value is -0.730. The molecule has 0 spiro atoms. The fourth-order valence-electron chi connectivity index (χ4n) is 1.26. The van der Waals surface area contributed by atoms with Gasteiger partial charge in [-0.2, -0.15) is 0 Å². The first-order valence-electron chi connectivity index (χ1n) is 5.02. The van der Waals surface area contributed by atoms with Gasteiger partial charge in [-0.15, -0.1) is 0 Å². The normalized spacial score (nSPS) is 22.5. The fourth-order valence-corrected chi connectivity index (χ4v) is 1.26. The van der Waals surface area contributed by atoms with Gasteiger partial charge >= 0.3 is 0 Å². The summed E-state index contributed by atoms with van der Waals surface area (Å²) in [6.07, 6.45) is 1.12. The average molecular weight is 183 g/mol. The van der Waals surface area contributed by atoms with Crippen LogP contribution in [0.2, 0.25) is 0 Å². The molecule has 0 saturated heterocycles. The van der Waals surface area contributed by atoms with Crippen molar-refractivity contribution >= 4 is 5.96 Å². The average Bonchev–Trinajstić information content (AvgIpc) is 2.50. The highest BCUT2D eigenvalue weighted by Gasteiger charge is 2.26. The van der Waals surface area contributed by atoms with Crippen LogP contribution in [0.15, 0.2) is 4.99 Å². The van der Waals surface area contributed by atoms with E-state index in [9.17, 15) is 0 Å². The van der Waals surface area contributed by atoms with Crippen LogP contribution in [0.5, 0.6) is 0 Å². The second-order valence-electron chi connectivity index (χ2n) is 4.43. The topological polar surface area (TPSA) is 27.6 Å². The molecule has 1 N–H and O–H groups in total. The van der Waals surface area contributed by atoms with Gasteiger partial charge in [0, 0.05) is 18.6 Å². The molecule has 1 atom stereocenters. The molecular formula is C10H21N3. The summed E-state index contributed by atoms with van der Waals surface area (Å²) in [6, 6.07) is 0.491. The predicted molar refractivity (Wildman–Crippen MR) is 57.0 cm³/mol. The third-order valence-electron chi connectivity index (χ3n) is 2.98. The number of guanidine groups is 1. The van der Waals surface area contributed by atoms with Gasteiger partial charge in [-0.05, 0) is 27.2 Å². The van der Waals surface area contributed by atoms with Crippen LogP contribution in [0, 0.1) is 0 Å². The number of nitrogens with zero attached hydrogens (tertiary/aromatic N) is 2. The number of hydrogen-bond acceptors (Lipinski definition) is 3. The third-order valence-corrected chi connectivity index (χ3v) is 2.98. The Labute approximate surface area is 81.2 Å². The Morgan fingerprint density at radius 1 is 1.62 bits per heavy atom. The van der Waals surface area contributed by atoms with E-state index in [1.807, 2.05) is 0 Å². The van der Waals surface area contributed by atoms with Gasteiger partial charge in [0.05, 0.1) is 6.54 Å². The lowest BCUT2D eigenvalue weighted by atomic mass is 10.0. The number of rotatable bonds is 2. The highest BCUT2D eigenvalue weighted by Crippen LogP contribution is 2.17. The molecule has 0 aliphatic carbocycles. The van der Waals surface area contributed by atoms with Crippen LogP contribution in [0.25, 0.3) is 0 Å². The van der Waals surface area contributed by atoms with E-state index < -0.39 is 0 Å². The summed E-state index contributed by atoms with van der Waals surface area (Å²) in [4.78, 5) is 6.69. The quantitative estimate of drug-likeness (QED) is 0.702. The zero-order valence-corrected chi connectivity index (χ0v) is 9.39. The first-order valence-corrected chi connectivity index (χ1v) is 5.02. The lowest BCUT2D eigenvalue weighted by Crippen LogP contribution is -2.49. The largest absolute Gasteiger partial charge is 0.352 e. The Balaban J connectivity index is 2.63. The van der Waals surface area contributed by atoms with Crippen LogP contribution in [-0.2, 0) is 0 Å². The van der Waals surface area contributed by atoms with E-state index in [0.717, 1.165) is 18.9 Å². The van der Waals surface area contributed by atoms with E-state index in [0.29, 0.717) is 6.04 Å². The SMILES string of the molecule is CCC(C)(C)N(C)C1=NCC(C)N1. The van der Waals surface area contributed by atoms with Crippen LogP contribution in [0.1, 0.15) is 34.1 Å². The van der Waals surface area contributed by atoms with Gasteiger partial charge in [-0.1, -0.05) is 6.92 Å². The standard InChI is InChI=1S/C10H21N3/c1-6-10(3,4)13(5)9-11-7-8(2)12-9/h8H,6-7H2,1-5H3,(H,11,12). The maximum atomic E-state index is 4.46. The van der Waals surface area contributed by atoms with Crippen molar-refractivity contribution in [1.29, 1.82) is 0 Å². The molecule has 0 amide bonds.